The van der Waals surface area contributed by atoms with Gasteiger partial charge >= 0.3 is 0 Å². The third-order valence-corrected chi connectivity index (χ3v) is 5.63. The maximum absolute atomic E-state index is 5.60. The third kappa shape index (κ3) is 3.44. The van der Waals surface area contributed by atoms with Crippen molar-refractivity contribution < 1.29 is 4.74 Å². The molecular formula is C18H24ClN5OS. The van der Waals surface area contributed by atoms with Crippen molar-refractivity contribution in [3.8, 4) is 5.75 Å². The third-order valence-electron chi connectivity index (χ3n) is 4.80. The van der Waals surface area contributed by atoms with Crippen LogP contribution in [-0.2, 0) is 6.54 Å². The van der Waals surface area contributed by atoms with E-state index >= 15 is 0 Å². The molecule has 3 heterocycles. The summed E-state index contributed by atoms with van der Waals surface area (Å²) >= 11 is 1.64. The van der Waals surface area contributed by atoms with Gasteiger partial charge in [0.25, 0.3) is 0 Å². The van der Waals surface area contributed by atoms with Crippen LogP contribution in [0.4, 0.5) is 0 Å². The van der Waals surface area contributed by atoms with Crippen molar-refractivity contribution in [2.45, 2.75) is 26.4 Å². The molecule has 0 bridgehead atoms. The minimum Gasteiger partial charge on any atom is -0.496 e. The van der Waals surface area contributed by atoms with Crippen molar-refractivity contribution >= 4 is 28.7 Å². The van der Waals surface area contributed by atoms with Crippen LogP contribution < -0.4 is 10.1 Å². The first-order valence-corrected chi connectivity index (χ1v) is 9.38. The molecule has 1 aliphatic rings. The molecule has 0 spiro atoms. The van der Waals surface area contributed by atoms with Crippen LogP contribution in [-0.4, -0.2) is 46.2 Å². The van der Waals surface area contributed by atoms with Gasteiger partial charge in [-0.05, 0) is 19.9 Å². The lowest BCUT2D eigenvalue weighted by Crippen LogP contribution is -2.45. The maximum atomic E-state index is 5.60. The number of nitrogens with zero attached hydrogens (tertiary/aromatic N) is 4. The molecule has 1 saturated heterocycles. The Labute approximate surface area is 163 Å². The number of para-hydroxylation sites is 1. The van der Waals surface area contributed by atoms with Crippen molar-refractivity contribution in [2.24, 2.45) is 0 Å². The van der Waals surface area contributed by atoms with E-state index in [1.165, 1.54) is 11.3 Å². The van der Waals surface area contributed by atoms with Crippen molar-refractivity contribution in [3.05, 3.63) is 46.2 Å². The Morgan fingerprint density at radius 2 is 2.12 bits per heavy atom. The zero-order chi connectivity index (χ0) is 17.4. The molecular weight excluding hydrogens is 370 g/mol. The number of aryl methyl sites for hydroxylation is 2. The minimum absolute atomic E-state index is 0. The van der Waals surface area contributed by atoms with Crippen LogP contribution >= 0.6 is 23.7 Å². The number of ether oxygens (including phenoxy) is 1. The van der Waals surface area contributed by atoms with Crippen LogP contribution in [0, 0.1) is 13.8 Å². The van der Waals surface area contributed by atoms with Gasteiger partial charge in [-0.25, -0.2) is 9.50 Å². The first-order valence-electron chi connectivity index (χ1n) is 8.56. The summed E-state index contributed by atoms with van der Waals surface area (Å²) in [4.78, 5) is 8.16. The predicted molar refractivity (Wildman–Crippen MR) is 107 cm³/mol. The Kier molecular flexibility index (Phi) is 5.82. The SMILES string of the molecule is COc1ccccc1C1CNCCN1Cc1c(C)nc2sc(C)nn12.Cl. The molecule has 0 saturated carbocycles. The van der Waals surface area contributed by atoms with Crippen LogP contribution in [0.5, 0.6) is 5.75 Å². The van der Waals surface area contributed by atoms with E-state index in [-0.39, 0.29) is 18.4 Å². The molecule has 26 heavy (non-hydrogen) atoms. The van der Waals surface area contributed by atoms with E-state index in [0.717, 1.165) is 47.6 Å². The van der Waals surface area contributed by atoms with E-state index in [9.17, 15) is 0 Å². The second-order valence-electron chi connectivity index (χ2n) is 6.39. The predicted octanol–water partition coefficient (Wildman–Crippen LogP) is 2.98. The fraction of sp³-hybridized carbons (Fsp3) is 0.444. The van der Waals surface area contributed by atoms with Crippen molar-refractivity contribution in [3.63, 3.8) is 0 Å². The van der Waals surface area contributed by atoms with Gasteiger partial charge in [0.15, 0.2) is 0 Å². The lowest BCUT2D eigenvalue weighted by molar-refractivity contribution is 0.148. The smallest absolute Gasteiger partial charge is 0.212 e. The van der Waals surface area contributed by atoms with Crippen molar-refractivity contribution in [1.82, 2.24) is 24.8 Å². The number of nitrogens with one attached hydrogen (secondary N) is 1. The summed E-state index contributed by atoms with van der Waals surface area (Å²) in [6, 6.07) is 8.57. The molecule has 1 atom stereocenters. The average molecular weight is 394 g/mol. The second-order valence-corrected chi connectivity index (χ2v) is 7.55. The highest BCUT2D eigenvalue weighted by atomic mass is 35.5. The van der Waals surface area contributed by atoms with Gasteiger partial charge in [-0.15, -0.1) is 12.4 Å². The van der Waals surface area contributed by atoms with Gasteiger partial charge in [0.2, 0.25) is 4.96 Å². The van der Waals surface area contributed by atoms with Crippen LogP contribution in [0.15, 0.2) is 24.3 Å². The molecule has 0 amide bonds. The molecule has 3 aromatic rings. The topological polar surface area (TPSA) is 54.7 Å². The summed E-state index contributed by atoms with van der Waals surface area (Å²) in [7, 11) is 1.74. The Morgan fingerprint density at radius 3 is 2.92 bits per heavy atom. The van der Waals surface area contributed by atoms with Gasteiger partial charge < -0.3 is 10.1 Å². The van der Waals surface area contributed by atoms with Gasteiger partial charge in [0.05, 0.1) is 24.5 Å². The average Bonchev–Trinajstić information content (AvgIpc) is 3.12. The number of hydrogen-bond acceptors (Lipinski definition) is 6. The van der Waals surface area contributed by atoms with Crippen LogP contribution in [0.2, 0.25) is 0 Å². The van der Waals surface area contributed by atoms with Gasteiger partial charge in [-0.3, -0.25) is 4.90 Å². The zero-order valence-electron chi connectivity index (χ0n) is 15.2. The number of hydrogen-bond donors (Lipinski definition) is 1. The molecule has 1 N–H and O–H groups in total. The fourth-order valence-electron chi connectivity index (χ4n) is 3.54. The van der Waals surface area contributed by atoms with E-state index < -0.39 is 0 Å². The zero-order valence-corrected chi connectivity index (χ0v) is 16.9. The number of piperazine rings is 1. The number of fused-ring (bicyclic) bond motifs is 1. The summed E-state index contributed by atoms with van der Waals surface area (Å²) < 4.78 is 7.61. The van der Waals surface area contributed by atoms with Gasteiger partial charge in [0, 0.05) is 31.7 Å². The molecule has 2 aromatic heterocycles. The molecule has 1 fully saturated rings. The van der Waals surface area contributed by atoms with Crippen LogP contribution in [0.1, 0.15) is 28.0 Å². The highest BCUT2D eigenvalue weighted by Gasteiger charge is 2.28. The lowest BCUT2D eigenvalue weighted by Gasteiger charge is -2.36. The van der Waals surface area contributed by atoms with Crippen LogP contribution in [0.25, 0.3) is 4.96 Å². The summed E-state index contributed by atoms with van der Waals surface area (Å²) in [6.07, 6.45) is 0. The molecule has 1 aromatic carbocycles. The fourth-order valence-corrected chi connectivity index (χ4v) is 4.35. The number of imidazole rings is 1. The standard InChI is InChI=1S/C18H23N5OS.ClH/c1-12-16(23-18(20-12)25-13(2)21-23)11-22-9-8-19-10-15(22)14-6-4-5-7-17(14)24-3;/h4-7,15,19H,8-11H2,1-3H3;1H. The van der Waals surface area contributed by atoms with E-state index in [2.05, 4.69) is 39.4 Å². The summed E-state index contributed by atoms with van der Waals surface area (Å²) in [6.45, 7) is 7.83. The molecule has 4 rings (SSSR count). The monoisotopic (exact) mass is 393 g/mol. The first kappa shape index (κ1) is 19.1. The summed E-state index contributed by atoms with van der Waals surface area (Å²) in [5.41, 5.74) is 3.47. The van der Waals surface area contributed by atoms with E-state index in [4.69, 9.17) is 4.74 Å². The second kappa shape index (κ2) is 7.92. The molecule has 8 heteroatoms. The molecule has 0 aliphatic carbocycles. The Balaban J connectivity index is 0.00000196. The Morgan fingerprint density at radius 1 is 1.31 bits per heavy atom. The molecule has 1 aliphatic heterocycles. The number of aromatic nitrogens is 3. The quantitative estimate of drug-likeness (QED) is 0.738. The number of rotatable bonds is 4. The summed E-state index contributed by atoms with van der Waals surface area (Å²) in [5, 5.41) is 9.20. The van der Waals surface area contributed by atoms with E-state index in [1.54, 1.807) is 18.4 Å². The Bertz CT molecular complexity index is 893. The number of benzene rings is 1. The van der Waals surface area contributed by atoms with Gasteiger partial charge in [-0.1, -0.05) is 29.5 Å². The lowest BCUT2D eigenvalue weighted by atomic mass is 10.0. The van der Waals surface area contributed by atoms with Crippen molar-refractivity contribution in [2.75, 3.05) is 26.7 Å². The minimum atomic E-state index is 0. The van der Waals surface area contributed by atoms with Gasteiger partial charge in [0.1, 0.15) is 10.8 Å². The normalized spacial score (nSPS) is 18.0. The van der Waals surface area contributed by atoms with Gasteiger partial charge in [-0.2, -0.15) is 5.10 Å². The maximum Gasteiger partial charge on any atom is 0.212 e. The number of halogens is 1. The van der Waals surface area contributed by atoms with E-state index in [1.807, 2.05) is 23.6 Å². The molecule has 0 radical (unpaired) electrons. The molecule has 6 nitrogen and oxygen atoms in total. The highest BCUT2D eigenvalue weighted by molar-refractivity contribution is 7.16. The van der Waals surface area contributed by atoms with Crippen molar-refractivity contribution in [1.29, 1.82) is 0 Å². The molecule has 140 valence electrons. The van der Waals surface area contributed by atoms with Crippen LogP contribution in [0.3, 0.4) is 0 Å². The number of methoxy groups -OCH3 is 1. The molecule has 1 unspecified atom stereocenters. The van der Waals surface area contributed by atoms with E-state index in [0.29, 0.717) is 0 Å². The highest BCUT2D eigenvalue weighted by Crippen LogP contribution is 2.31. The Hall–Kier alpha value is -1.67. The first-order chi connectivity index (χ1) is 12.2. The summed E-state index contributed by atoms with van der Waals surface area (Å²) in [5.74, 6) is 0.945. The largest absolute Gasteiger partial charge is 0.496 e.